The van der Waals surface area contributed by atoms with Crippen LogP contribution in [0.2, 0.25) is 5.02 Å². The van der Waals surface area contributed by atoms with E-state index in [1.54, 1.807) is 12.1 Å². The summed E-state index contributed by atoms with van der Waals surface area (Å²) in [5, 5.41) is 7.86. The summed E-state index contributed by atoms with van der Waals surface area (Å²) in [6, 6.07) is 5.38. The Morgan fingerprint density at radius 3 is 2.78 bits per heavy atom. The van der Waals surface area contributed by atoms with Crippen molar-refractivity contribution in [1.29, 1.82) is 5.41 Å². The summed E-state index contributed by atoms with van der Waals surface area (Å²) >= 11 is 6.02. The van der Waals surface area contributed by atoms with Crippen molar-refractivity contribution in [3.05, 3.63) is 46.9 Å². The summed E-state index contributed by atoms with van der Waals surface area (Å²) < 4.78 is 5.56. The van der Waals surface area contributed by atoms with Crippen LogP contribution < -0.4 is 10.5 Å². The first-order valence-electron chi connectivity index (χ1n) is 5.17. The van der Waals surface area contributed by atoms with E-state index in [1.165, 1.54) is 12.4 Å². The molecule has 6 heteroatoms. The summed E-state index contributed by atoms with van der Waals surface area (Å²) in [4.78, 5) is 7.95. The number of aromatic nitrogens is 2. The molecule has 5 nitrogen and oxygen atoms in total. The Hall–Kier alpha value is -2.14. The van der Waals surface area contributed by atoms with E-state index < -0.39 is 0 Å². The lowest BCUT2D eigenvalue weighted by molar-refractivity contribution is 0.458. The van der Waals surface area contributed by atoms with E-state index in [0.29, 0.717) is 10.8 Å². The molecule has 0 aliphatic carbocycles. The predicted molar refractivity (Wildman–Crippen MR) is 69.3 cm³/mol. The molecule has 0 unspecified atom stereocenters. The third-order valence-corrected chi connectivity index (χ3v) is 2.53. The summed E-state index contributed by atoms with van der Waals surface area (Å²) in [5.74, 6) is 0.416. The molecule has 0 bridgehead atoms. The third kappa shape index (κ3) is 2.57. The molecule has 1 heterocycles. The van der Waals surface area contributed by atoms with Gasteiger partial charge in [0, 0.05) is 12.4 Å². The highest BCUT2D eigenvalue weighted by atomic mass is 35.5. The molecule has 2 rings (SSSR count). The minimum absolute atomic E-state index is 0.164. The van der Waals surface area contributed by atoms with E-state index >= 15 is 0 Å². The maximum absolute atomic E-state index is 7.40. The zero-order valence-corrected chi connectivity index (χ0v) is 10.4. The lowest BCUT2D eigenvalue weighted by atomic mass is 10.2. The lowest BCUT2D eigenvalue weighted by Gasteiger charge is -2.09. The predicted octanol–water partition coefficient (Wildman–Crippen LogP) is 2.51. The average Bonchev–Trinajstić information content (AvgIpc) is 2.34. The molecule has 3 N–H and O–H groups in total. The van der Waals surface area contributed by atoms with Crippen LogP contribution in [0.3, 0.4) is 0 Å². The van der Waals surface area contributed by atoms with Crippen molar-refractivity contribution in [2.24, 2.45) is 5.73 Å². The van der Waals surface area contributed by atoms with Crippen molar-refractivity contribution in [3.63, 3.8) is 0 Å². The van der Waals surface area contributed by atoms with Crippen molar-refractivity contribution < 1.29 is 4.74 Å². The van der Waals surface area contributed by atoms with E-state index in [1.807, 2.05) is 13.0 Å². The van der Waals surface area contributed by atoms with Crippen LogP contribution in [-0.2, 0) is 0 Å². The van der Waals surface area contributed by atoms with Crippen molar-refractivity contribution in [2.75, 3.05) is 0 Å². The fourth-order valence-electron chi connectivity index (χ4n) is 1.38. The first kappa shape index (κ1) is 12.3. The highest BCUT2D eigenvalue weighted by Gasteiger charge is 2.12. The van der Waals surface area contributed by atoms with Gasteiger partial charge in [-0.25, -0.2) is 9.97 Å². The molecule has 0 aliphatic rings. The SMILES string of the molecule is Cc1ccc(Cl)c(Oc2nccnc2C(=N)N)c1. The van der Waals surface area contributed by atoms with Gasteiger partial charge in [0.15, 0.2) is 5.69 Å². The molecule has 92 valence electrons. The number of nitrogens with zero attached hydrogens (tertiary/aromatic N) is 2. The fourth-order valence-corrected chi connectivity index (χ4v) is 1.53. The van der Waals surface area contributed by atoms with Gasteiger partial charge < -0.3 is 10.5 Å². The van der Waals surface area contributed by atoms with E-state index in [2.05, 4.69) is 9.97 Å². The largest absolute Gasteiger partial charge is 0.435 e. The number of halogens is 1. The number of nitrogens with one attached hydrogen (secondary N) is 1. The van der Waals surface area contributed by atoms with E-state index in [-0.39, 0.29) is 17.4 Å². The molecule has 0 saturated carbocycles. The van der Waals surface area contributed by atoms with Crippen LogP contribution in [0.1, 0.15) is 11.3 Å². The Bertz CT molecular complexity index is 600. The Labute approximate surface area is 109 Å². The van der Waals surface area contributed by atoms with E-state index in [0.717, 1.165) is 5.56 Å². The molecule has 2 aromatic rings. The minimum Gasteiger partial charge on any atom is -0.435 e. The second kappa shape index (κ2) is 5.01. The smallest absolute Gasteiger partial charge is 0.249 e. The topological polar surface area (TPSA) is 84.9 Å². The quantitative estimate of drug-likeness (QED) is 0.657. The van der Waals surface area contributed by atoms with Crippen molar-refractivity contribution >= 4 is 17.4 Å². The molecule has 1 aromatic carbocycles. The molecule has 0 saturated heterocycles. The molecular formula is C12H11ClN4O. The fraction of sp³-hybridized carbons (Fsp3) is 0.0833. The summed E-state index contributed by atoms with van der Waals surface area (Å²) in [6.07, 6.45) is 2.91. The number of amidine groups is 1. The van der Waals surface area contributed by atoms with Crippen LogP contribution in [0.25, 0.3) is 0 Å². The number of aryl methyl sites for hydroxylation is 1. The summed E-state index contributed by atoms with van der Waals surface area (Å²) in [5.41, 5.74) is 6.60. The second-order valence-electron chi connectivity index (χ2n) is 3.66. The van der Waals surface area contributed by atoms with Crippen LogP contribution in [0, 0.1) is 12.3 Å². The minimum atomic E-state index is -0.207. The summed E-state index contributed by atoms with van der Waals surface area (Å²) in [7, 11) is 0. The van der Waals surface area contributed by atoms with Gasteiger partial charge in [-0.05, 0) is 24.6 Å². The highest BCUT2D eigenvalue weighted by Crippen LogP contribution is 2.30. The third-order valence-electron chi connectivity index (χ3n) is 2.21. The maximum atomic E-state index is 7.40. The van der Waals surface area contributed by atoms with Gasteiger partial charge in [0.25, 0.3) is 0 Å². The Morgan fingerprint density at radius 2 is 2.06 bits per heavy atom. The Balaban J connectivity index is 2.40. The van der Waals surface area contributed by atoms with Crippen LogP contribution in [-0.4, -0.2) is 15.8 Å². The number of hydrogen-bond donors (Lipinski definition) is 2. The number of nitrogen functional groups attached to an aromatic ring is 1. The van der Waals surface area contributed by atoms with Gasteiger partial charge in [0.2, 0.25) is 5.88 Å². The van der Waals surface area contributed by atoms with Gasteiger partial charge in [-0.2, -0.15) is 0 Å². The molecule has 0 atom stereocenters. The first-order valence-corrected chi connectivity index (χ1v) is 5.55. The Morgan fingerprint density at radius 1 is 1.33 bits per heavy atom. The van der Waals surface area contributed by atoms with E-state index in [4.69, 9.17) is 27.5 Å². The van der Waals surface area contributed by atoms with E-state index in [9.17, 15) is 0 Å². The standard InChI is InChI=1S/C12H11ClN4O/c1-7-2-3-8(13)9(6-7)18-12-10(11(14)15)16-4-5-17-12/h2-6H,1H3,(H3,14,15). The number of rotatable bonds is 3. The molecule has 0 radical (unpaired) electrons. The molecule has 18 heavy (non-hydrogen) atoms. The lowest BCUT2D eigenvalue weighted by Crippen LogP contribution is -2.15. The van der Waals surface area contributed by atoms with Gasteiger partial charge in [-0.15, -0.1) is 0 Å². The number of nitrogens with two attached hydrogens (primary N) is 1. The van der Waals surface area contributed by atoms with Crippen LogP contribution in [0.4, 0.5) is 0 Å². The van der Waals surface area contributed by atoms with Crippen molar-refractivity contribution in [1.82, 2.24) is 9.97 Å². The Kier molecular flexibility index (Phi) is 3.43. The van der Waals surface area contributed by atoms with Gasteiger partial charge >= 0.3 is 0 Å². The van der Waals surface area contributed by atoms with Crippen LogP contribution >= 0.6 is 11.6 Å². The van der Waals surface area contributed by atoms with Gasteiger partial charge in [-0.1, -0.05) is 17.7 Å². The molecular weight excluding hydrogens is 252 g/mol. The molecule has 1 aromatic heterocycles. The molecule has 0 aliphatic heterocycles. The van der Waals surface area contributed by atoms with Gasteiger partial charge in [0.05, 0.1) is 5.02 Å². The second-order valence-corrected chi connectivity index (χ2v) is 4.07. The van der Waals surface area contributed by atoms with Gasteiger partial charge in [0.1, 0.15) is 11.6 Å². The van der Waals surface area contributed by atoms with Gasteiger partial charge in [-0.3, -0.25) is 5.41 Å². The zero-order valence-electron chi connectivity index (χ0n) is 9.64. The zero-order chi connectivity index (χ0) is 13.1. The average molecular weight is 263 g/mol. The maximum Gasteiger partial charge on any atom is 0.249 e. The van der Waals surface area contributed by atoms with Crippen molar-refractivity contribution in [2.45, 2.75) is 6.92 Å². The molecule has 0 amide bonds. The van der Waals surface area contributed by atoms with Crippen molar-refractivity contribution in [3.8, 4) is 11.6 Å². The van der Waals surface area contributed by atoms with Crippen LogP contribution in [0.5, 0.6) is 11.6 Å². The molecule has 0 spiro atoms. The number of ether oxygens (including phenoxy) is 1. The van der Waals surface area contributed by atoms with Crippen LogP contribution in [0.15, 0.2) is 30.6 Å². The monoisotopic (exact) mass is 262 g/mol. The highest BCUT2D eigenvalue weighted by molar-refractivity contribution is 6.32. The number of benzene rings is 1. The number of hydrogen-bond acceptors (Lipinski definition) is 4. The summed E-state index contributed by atoms with van der Waals surface area (Å²) in [6.45, 7) is 1.92. The first-order chi connectivity index (χ1) is 8.58. The normalized spacial score (nSPS) is 10.1. The molecule has 0 fully saturated rings.